The van der Waals surface area contributed by atoms with E-state index in [1.165, 1.54) is 0 Å². The Labute approximate surface area is 150 Å². The summed E-state index contributed by atoms with van der Waals surface area (Å²) in [7, 11) is -7.43. The van der Waals surface area contributed by atoms with Crippen LogP contribution in [0.2, 0.25) is 0 Å². The second-order valence-electron chi connectivity index (χ2n) is 5.10. The zero-order chi connectivity index (χ0) is 24.1. The van der Waals surface area contributed by atoms with Crippen molar-refractivity contribution in [2.45, 2.75) is 48.3 Å². The summed E-state index contributed by atoms with van der Waals surface area (Å²) in [6, 6.07) is 0. The third kappa shape index (κ3) is 5.13. The van der Waals surface area contributed by atoms with Crippen molar-refractivity contribution in [1.82, 2.24) is 0 Å². The molecule has 5 nitrogen and oxygen atoms in total. The molecule has 1 N–H and O–H groups in total. The molecule has 0 aromatic carbocycles. The highest BCUT2D eigenvalue weighted by Gasteiger charge is 2.82. The molecule has 0 saturated carbocycles. The molecule has 0 rings (SSSR count). The van der Waals surface area contributed by atoms with Gasteiger partial charge in [0, 0.05) is 6.92 Å². The fraction of sp³-hybridized carbons (Fsp3) is 1.00. The van der Waals surface area contributed by atoms with Crippen LogP contribution in [0.3, 0.4) is 0 Å². The second kappa shape index (κ2) is 7.22. The summed E-state index contributed by atoms with van der Waals surface area (Å²) in [5.74, 6) is -18.6. The van der Waals surface area contributed by atoms with Crippen LogP contribution in [0, 0.1) is 0 Å². The van der Waals surface area contributed by atoms with E-state index in [1.54, 1.807) is 4.74 Å². The van der Waals surface area contributed by atoms with E-state index in [4.69, 9.17) is 4.55 Å². The molecule has 0 aromatic heterocycles. The van der Waals surface area contributed by atoms with Gasteiger partial charge >= 0.3 is 51.5 Å². The molecule has 0 aliphatic carbocycles. The Hall–Kier alpha value is -1.15. The van der Waals surface area contributed by atoms with Gasteiger partial charge in [-0.3, -0.25) is 9.29 Å². The van der Waals surface area contributed by atoms with E-state index in [-0.39, 0.29) is 0 Å². The van der Waals surface area contributed by atoms with Crippen molar-refractivity contribution >= 4 is 10.1 Å². The minimum Gasteiger partial charge on any atom is -0.309 e. The lowest BCUT2D eigenvalue weighted by molar-refractivity contribution is -0.515. The Kier molecular flexibility index (Phi) is 6.93. The minimum absolute atomic E-state index is 0.668. The minimum atomic E-state index is -7.54. The smallest absolute Gasteiger partial charge is 0.309 e. The average molecular weight is 492 g/mol. The molecule has 0 aromatic rings. The predicted molar refractivity (Wildman–Crippen MR) is 58.9 cm³/mol. The first-order valence-corrected chi connectivity index (χ1v) is 7.56. The maximum atomic E-state index is 13.6. The lowest BCUT2D eigenvalue weighted by atomic mass is 10.2. The molecule has 0 aliphatic heterocycles. The number of alkyl halides is 14. The highest BCUT2D eigenvalue weighted by atomic mass is 32.2. The third-order valence-corrected chi connectivity index (χ3v) is 3.63. The first-order chi connectivity index (χ1) is 12.2. The van der Waals surface area contributed by atoms with Gasteiger partial charge in [-0.25, -0.2) is 8.78 Å². The van der Waals surface area contributed by atoms with Crippen LogP contribution < -0.4 is 0 Å². The van der Waals surface area contributed by atoms with Crippen LogP contribution in [-0.4, -0.2) is 60.9 Å². The van der Waals surface area contributed by atoms with Gasteiger partial charge in [0.1, 0.15) is 6.61 Å². The van der Waals surface area contributed by atoms with Gasteiger partial charge < -0.3 is 4.74 Å². The first-order valence-electron chi connectivity index (χ1n) is 6.12. The van der Waals surface area contributed by atoms with Crippen LogP contribution in [0.1, 0.15) is 6.92 Å². The molecule has 0 heterocycles. The SMILES string of the molecule is CC(F)(F)C(F)(F)COC(F)(F)C(F)(OC(F)(F)C(F)(F)S(=O)(=O)O)C(F)(F)F. The molecule has 0 fully saturated rings. The topological polar surface area (TPSA) is 72.8 Å². The number of hydrogen-bond acceptors (Lipinski definition) is 4. The van der Waals surface area contributed by atoms with E-state index in [9.17, 15) is 69.9 Å². The van der Waals surface area contributed by atoms with E-state index < -0.39 is 65.0 Å². The van der Waals surface area contributed by atoms with Crippen LogP contribution in [0.25, 0.3) is 0 Å². The summed E-state index contributed by atoms with van der Waals surface area (Å²) in [5, 5.41) is -7.18. The van der Waals surface area contributed by atoms with Crippen LogP contribution in [0.5, 0.6) is 0 Å². The number of hydrogen-bond donors (Lipinski definition) is 1. The number of halogens is 14. The largest absolute Gasteiger partial charge is 0.460 e. The molecule has 0 spiro atoms. The van der Waals surface area contributed by atoms with E-state index in [1.807, 2.05) is 0 Å². The van der Waals surface area contributed by atoms with Crippen molar-refractivity contribution < 1.29 is 83.9 Å². The monoisotopic (exact) mass is 492 g/mol. The molecule has 0 aliphatic rings. The zero-order valence-corrected chi connectivity index (χ0v) is 13.8. The highest BCUT2D eigenvalue weighted by molar-refractivity contribution is 7.86. The van der Waals surface area contributed by atoms with Gasteiger partial charge in [0.25, 0.3) is 0 Å². The van der Waals surface area contributed by atoms with Crippen LogP contribution in [-0.2, 0) is 19.6 Å². The van der Waals surface area contributed by atoms with Crippen LogP contribution >= 0.6 is 0 Å². The molecular formula is C9H6F14O5S. The first kappa shape index (κ1) is 27.8. The Morgan fingerprint density at radius 2 is 1.14 bits per heavy atom. The number of rotatable bonds is 9. The van der Waals surface area contributed by atoms with E-state index in [0.717, 1.165) is 0 Å². The Balaban J connectivity index is 6.21. The lowest BCUT2D eigenvalue weighted by Crippen LogP contribution is -2.64. The predicted octanol–water partition coefficient (Wildman–Crippen LogP) is 4.20. The summed E-state index contributed by atoms with van der Waals surface area (Å²) in [6.45, 7) is -4.15. The van der Waals surface area contributed by atoms with Gasteiger partial charge in [-0.2, -0.15) is 61.1 Å². The molecule has 1 atom stereocenters. The van der Waals surface area contributed by atoms with Crippen molar-refractivity contribution in [1.29, 1.82) is 0 Å². The second-order valence-corrected chi connectivity index (χ2v) is 6.56. The molecule has 29 heavy (non-hydrogen) atoms. The highest BCUT2D eigenvalue weighted by Crippen LogP contribution is 2.53. The molecule has 0 radical (unpaired) electrons. The summed E-state index contributed by atoms with van der Waals surface area (Å²) in [6.07, 6.45) is -22.1. The summed E-state index contributed by atoms with van der Waals surface area (Å²) >= 11 is 0. The molecule has 176 valence electrons. The van der Waals surface area contributed by atoms with Gasteiger partial charge in [-0.15, -0.1) is 0 Å². The summed E-state index contributed by atoms with van der Waals surface area (Å²) in [4.78, 5) is 0. The molecule has 0 amide bonds. The normalized spacial score (nSPS) is 17.9. The quantitative estimate of drug-likeness (QED) is 0.386. The maximum Gasteiger partial charge on any atom is 0.460 e. The fourth-order valence-electron chi connectivity index (χ4n) is 1.07. The van der Waals surface area contributed by atoms with E-state index in [2.05, 4.69) is 4.74 Å². The van der Waals surface area contributed by atoms with Crippen molar-refractivity contribution in [3.05, 3.63) is 0 Å². The standard InChI is InChI=1S/C9H6F14O5S/c1-3(10,11)4(12,13)2-27-7(18,19)5(14,6(15,16)17)28-8(20,21)9(22,23)29(24,25)26/h2H2,1H3,(H,24,25,26). The lowest BCUT2D eigenvalue weighted by Gasteiger charge is -2.37. The molecule has 0 saturated heterocycles. The molecule has 1 unspecified atom stereocenters. The van der Waals surface area contributed by atoms with Gasteiger partial charge in [0.2, 0.25) is 0 Å². The van der Waals surface area contributed by atoms with Crippen LogP contribution in [0.15, 0.2) is 0 Å². The van der Waals surface area contributed by atoms with Crippen molar-refractivity contribution in [2.75, 3.05) is 6.61 Å². The average Bonchev–Trinajstić information content (AvgIpc) is 2.40. The molecule has 0 bridgehead atoms. The fourth-order valence-corrected chi connectivity index (χ4v) is 1.41. The third-order valence-electron chi connectivity index (χ3n) is 2.75. The summed E-state index contributed by atoms with van der Waals surface area (Å²) in [5.41, 5.74) is 0. The van der Waals surface area contributed by atoms with Crippen LogP contribution in [0.4, 0.5) is 61.5 Å². The Bertz CT molecular complexity index is 695. The molecule has 20 heteroatoms. The number of ether oxygens (including phenoxy) is 2. The Morgan fingerprint density at radius 1 is 0.759 bits per heavy atom. The van der Waals surface area contributed by atoms with Gasteiger partial charge in [-0.05, 0) is 0 Å². The summed E-state index contributed by atoms with van der Waals surface area (Å²) < 4.78 is 212. The van der Waals surface area contributed by atoms with Gasteiger partial charge in [0.15, 0.2) is 0 Å². The molecular weight excluding hydrogens is 486 g/mol. The van der Waals surface area contributed by atoms with Crippen molar-refractivity contribution in [3.63, 3.8) is 0 Å². The van der Waals surface area contributed by atoms with E-state index >= 15 is 0 Å². The Morgan fingerprint density at radius 3 is 1.41 bits per heavy atom. The van der Waals surface area contributed by atoms with E-state index in [0.29, 0.717) is 0 Å². The maximum absolute atomic E-state index is 13.6. The van der Waals surface area contributed by atoms with Gasteiger partial charge in [-0.1, -0.05) is 0 Å². The zero-order valence-electron chi connectivity index (χ0n) is 13.0. The van der Waals surface area contributed by atoms with Crippen molar-refractivity contribution in [2.24, 2.45) is 0 Å². The van der Waals surface area contributed by atoms with Crippen molar-refractivity contribution in [3.8, 4) is 0 Å². The van der Waals surface area contributed by atoms with Gasteiger partial charge in [0.05, 0.1) is 0 Å².